The van der Waals surface area contributed by atoms with Crippen molar-refractivity contribution in [3.63, 3.8) is 0 Å². The molecule has 1 aromatic rings. The van der Waals surface area contributed by atoms with E-state index in [1.807, 2.05) is 4.68 Å². The fraction of sp³-hybridized carbons (Fsp3) is 0.917. The first kappa shape index (κ1) is 14.1. The Kier molecular flexibility index (Phi) is 5.05. The van der Waals surface area contributed by atoms with Crippen LogP contribution in [0.3, 0.4) is 0 Å². The monoisotopic (exact) mass is 239 g/mol. The van der Waals surface area contributed by atoms with E-state index >= 15 is 0 Å². The molecule has 0 fully saturated rings. The Balaban J connectivity index is 2.56. The van der Waals surface area contributed by atoms with Gasteiger partial charge < -0.3 is 5.32 Å². The number of hydrogen-bond acceptors (Lipinski definition) is 4. The zero-order chi connectivity index (χ0) is 12.9. The van der Waals surface area contributed by atoms with Crippen molar-refractivity contribution in [2.24, 2.45) is 11.3 Å². The molecule has 0 amide bonds. The highest BCUT2D eigenvalue weighted by Gasteiger charge is 2.21. The zero-order valence-corrected chi connectivity index (χ0v) is 11.7. The summed E-state index contributed by atoms with van der Waals surface area (Å²) in [5, 5.41) is 15.2. The minimum absolute atomic E-state index is 0.278. The van der Waals surface area contributed by atoms with Crippen LogP contribution in [0.2, 0.25) is 0 Å². The van der Waals surface area contributed by atoms with Crippen molar-refractivity contribution in [3.05, 3.63) is 5.82 Å². The molecule has 5 nitrogen and oxygen atoms in total. The van der Waals surface area contributed by atoms with Crippen LogP contribution in [0.4, 0.5) is 0 Å². The average Bonchev–Trinajstić information content (AvgIpc) is 2.65. The molecule has 0 bridgehead atoms. The summed E-state index contributed by atoms with van der Waals surface area (Å²) in [6, 6.07) is 0. The third-order valence-electron chi connectivity index (χ3n) is 3.24. The van der Waals surface area contributed by atoms with E-state index in [-0.39, 0.29) is 5.41 Å². The number of hydrogen-bond donors (Lipinski definition) is 1. The second-order valence-corrected chi connectivity index (χ2v) is 5.72. The molecule has 0 aliphatic rings. The molecule has 1 unspecified atom stereocenters. The average molecular weight is 239 g/mol. The predicted molar refractivity (Wildman–Crippen MR) is 68.4 cm³/mol. The molecule has 0 saturated carbocycles. The summed E-state index contributed by atoms with van der Waals surface area (Å²) in [6.45, 7) is 13.8. The fourth-order valence-electron chi connectivity index (χ4n) is 1.40. The molecule has 1 N–H and O–H groups in total. The van der Waals surface area contributed by atoms with Crippen molar-refractivity contribution in [2.75, 3.05) is 6.54 Å². The van der Waals surface area contributed by atoms with Crippen molar-refractivity contribution in [1.29, 1.82) is 0 Å². The molecular weight excluding hydrogens is 214 g/mol. The number of nitrogens with one attached hydrogen (secondary N) is 1. The zero-order valence-electron chi connectivity index (χ0n) is 11.7. The first-order chi connectivity index (χ1) is 7.95. The first-order valence-electron chi connectivity index (χ1n) is 6.41. The molecule has 0 aliphatic heterocycles. The molecule has 0 spiro atoms. The molecule has 0 radical (unpaired) electrons. The number of aromatic nitrogens is 4. The van der Waals surface area contributed by atoms with Gasteiger partial charge in [-0.1, -0.05) is 34.6 Å². The second-order valence-electron chi connectivity index (χ2n) is 5.72. The maximum Gasteiger partial charge on any atom is 0.165 e. The normalized spacial score (nSPS) is 13.9. The molecule has 1 heterocycles. The molecule has 1 aromatic heterocycles. The minimum atomic E-state index is 0.278. The van der Waals surface area contributed by atoms with E-state index in [9.17, 15) is 0 Å². The summed E-state index contributed by atoms with van der Waals surface area (Å²) >= 11 is 0. The van der Waals surface area contributed by atoms with E-state index < -0.39 is 0 Å². The van der Waals surface area contributed by atoms with Gasteiger partial charge in [0.25, 0.3) is 0 Å². The van der Waals surface area contributed by atoms with Crippen molar-refractivity contribution < 1.29 is 0 Å². The maximum atomic E-state index is 4.06. The summed E-state index contributed by atoms with van der Waals surface area (Å²) in [5.74, 6) is 1.46. The molecule has 17 heavy (non-hydrogen) atoms. The van der Waals surface area contributed by atoms with Crippen LogP contribution in [-0.4, -0.2) is 26.8 Å². The van der Waals surface area contributed by atoms with Crippen molar-refractivity contribution >= 4 is 0 Å². The molecule has 5 heteroatoms. The van der Waals surface area contributed by atoms with Crippen LogP contribution in [0.25, 0.3) is 0 Å². The Morgan fingerprint density at radius 2 is 2.06 bits per heavy atom. The summed E-state index contributed by atoms with van der Waals surface area (Å²) in [7, 11) is 0. The van der Waals surface area contributed by atoms with Gasteiger partial charge in [-0.05, 0) is 34.7 Å². The lowest BCUT2D eigenvalue weighted by Crippen LogP contribution is -2.25. The standard InChI is InChI=1S/C12H25N5/c1-6-7-13-8-11-14-15-16-17(11)9-10(2)12(3,4)5/h10,13H,6-9H2,1-5H3. The van der Waals surface area contributed by atoms with Gasteiger partial charge in [0.05, 0.1) is 6.54 Å². The van der Waals surface area contributed by atoms with Crippen LogP contribution >= 0.6 is 0 Å². The molecule has 0 aliphatic carbocycles. The molecule has 0 aromatic carbocycles. The van der Waals surface area contributed by atoms with E-state index in [1.165, 1.54) is 0 Å². The van der Waals surface area contributed by atoms with Gasteiger partial charge in [0.1, 0.15) is 0 Å². The van der Waals surface area contributed by atoms with E-state index in [2.05, 4.69) is 55.5 Å². The third kappa shape index (κ3) is 4.42. The predicted octanol–water partition coefficient (Wildman–Crippen LogP) is 1.85. The molecule has 0 saturated heterocycles. The lowest BCUT2D eigenvalue weighted by molar-refractivity contribution is 0.221. The van der Waals surface area contributed by atoms with Gasteiger partial charge in [0, 0.05) is 6.54 Å². The van der Waals surface area contributed by atoms with Crippen LogP contribution in [0.1, 0.15) is 46.9 Å². The minimum Gasteiger partial charge on any atom is -0.310 e. The van der Waals surface area contributed by atoms with Crippen LogP contribution in [-0.2, 0) is 13.1 Å². The van der Waals surface area contributed by atoms with Crippen molar-refractivity contribution in [1.82, 2.24) is 25.5 Å². The highest BCUT2D eigenvalue weighted by atomic mass is 15.5. The van der Waals surface area contributed by atoms with Gasteiger partial charge >= 0.3 is 0 Å². The Hall–Kier alpha value is -0.970. The SMILES string of the molecule is CCCNCc1nnnn1CC(C)C(C)(C)C. The summed E-state index contributed by atoms with van der Waals surface area (Å²) in [6.07, 6.45) is 1.12. The van der Waals surface area contributed by atoms with Gasteiger partial charge in [0.2, 0.25) is 0 Å². The summed E-state index contributed by atoms with van der Waals surface area (Å²) in [5.41, 5.74) is 0.278. The first-order valence-corrected chi connectivity index (χ1v) is 6.41. The van der Waals surface area contributed by atoms with E-state index in [4.69, 9.17) is 0 Å². The summed E-state index contributed by atoms with van der Waals surface area (Å²) < 4.78 is 1.92. The third-order valence-corrected chi connectivity index (χ3v) is 3.24. The molecular formula is C12H25N5. The lowest BCUT2D eigenvalue weighted by atomic mass is 9.82. The largest absolute Gasteiger partial charge is 0.310 e. The van der Waals surface area contributed by atoms with Gasteiger partial charge in [-0.3, -0.25) is 0 Å². The Labute approximate surface area is 104 Å². The fourth-order valence-corrected chi connectivity index (χ4v) is 1.40. The van der Waals surface area contributed by atoms with Gasteiger partial charge in [-0.15, -0.1) is 5.10 Å². The van der Waals surface area contributed by atoms with Crippen LogP contribution < -0.4 is 5.32 Å². The highest BCUT2D eigenvalue weighted by Crippen LogP contribution is 2.26. The Morgan fingerprint density at radius 3 is 2.65 bits per heavy atom. The van der Waals surface area contributed by atoms with Crippen molar-refractivity contribution in [3.8, 4) is 0 Å². The van der Waals surface area contributed by atoms with E-state index in [1.54, 1.807) is 0 Å². The smallest absolute Gasteiger partial charge is 0.165 e. The van der Waals surface area contributed by atoms with Crippen LogP contribution in [0, 0.1) is 11.3 Å². The van der Waals surface area contributed by atoms with Crippen molar-refractivity contribution in [2.45, 2.75) is 54.1 Å². The molecule has 1 rings (SSSR count). The van der Waals surface area contributed by atoms with E-state index in [0.717, 1.165) is 31.9 Å². The number of nitrogens with zero attached hydrogens (tertiary/aromatic N) is 4. The van der Waals surface area contributed by atoms with Crippen LogP contribution in [0.5, 0.6) is 0 Å². The topological polar surface area (TPSA) is 55.6 Å². The number of rotatable bonds is 6. The van der Waals surface area contributed by atoms with E-state index in [0.29, 0.717) is 5.92 Å². The summed E-state index contributed by atoms with van der Waals surface area (Å²) in [4.78, 5) is 0. The maximum absolute atomic E-state index is 4.06. The lowest BCUT2D eigenvalue weighted by Gasteiger charge is -2.27. The molecule has 98 valence electrons. The van der Waals surface area contributed by atoms with Gasteiger partial charge in [-0.25, -0.2) is 4.68 Å². The van der Waals surface area contributed by atoms with Crippen LogP contribution in [0.15, 0.2) is 0 Å². The molecule has 1 atom stereocenters. The highest BCUT2D eigenvalue weighted by molar-refractivity contribution is 4.82. The van der Waals surface area contributed by atoms with Gasteiger partial charge in [-0.2, -0.15) is 0 Å². The quantitative estimate of drug-likeness (QED) is 0.770. The second kappa shape index (κ2) is 6.10. The Bertz CT molecular complexity index is 326. The van der Waals surface area contributed by atoms with Gasteiger partial charge in [0.15, 0.2) is 5.82 Å². The Morgan fingerprint density at radius 1 is 1.35 bits per heavy atom. The number of tetrazole rings is 1.